The standard InChI is InChI=1S/C15H24N4O2/c1-4-6-12-15(21)19(13(5-2)14(20)17-12)10-9-18-8-7-16-11(18)3/h7-8,12-13H,4-6,9-10H2,1-3H3,(H,17,20). The Kier molecular flexibility index (Phi) is 4.98. The van der Waals surface area contributed by atoms with Crippen molar-refractivity contribution in [1.82, 2.24) is 19.8 Å². The van der Waals surface area contributed by atoms with E-state index in [0.717, 1.165) is 12.2 Å². The number of aryl methyl sites for hydroxylation is 1. The fourth-order valence-corrected chi connectivity index (χ4v) is 2.84. The highest BCUT2D eigenvalue weighted by Gasteiger charge is 2.38. The van der Waals surface area contributed by atoms with Crippen molar-refractivity contribution in [2.24, 2.45) is 0 Å². The Morgan fingerprint density at radius 3 is 2.62 bits per heavy atom. The highest BCUT2D eigenvalue weighted by atomic mass is 16.2. The van der Waals surface area contributed by atoms with Crippen LogP contribution in [0.15, 0.2) is 12.4 Å². The number of hydrogen-bond donors (Lipinski definition) is 1. The summed E-state index contributed by atoms with van der Waals surface area (Å²) in [4.78, 5) is 30.6. The molecule has 0 bridgehead atoms. The summed E-state index contributed by atoms with van der Waals surface area (Å²) >= 11 is 0. The lowest BCUT2D eigenvalue weighted by atomic mass is 10.0. The first-order valence-corrected chi connectivity index (χ1v) is 7.67. The molecule has 6 heteroatoms. The van der Waals surface area contributed by atoms with Crippen LogP contribution in [0.2, 0.25) is 0 Å². The van der Waals surface area contributed by atoms with Crippen molar-refractivity contribution in [3.63, 3.8) is 0 Å². The van der Waals surface area contributed by atoms with Gasteiger partial charge in [-0.25, -0.2) is 4.98 Å². The van der Waals surface area contributed by atoms with E-state index in [1.165, 1.54) is 0 Å². The number of carbonyl (C=O) groups is 2. The van der Waals surface area contributed by atoms with Crippen LogP contribution in [0.25, 0.3) is 0 Å². The molecule has 0 aliphatic carbocycles. The highest BCUT2D eigenvalue weighted by Crippen LogP contribution is 2.16. The topological polar surface area (TPSA) is 67.2 Å². The van der Waals surface area contributed by atoms with Crippen molar-refractivity contribution in [3.8, 4) is 0 Å². The van der Waals surface area contributed by atoms with Gasteiger partial charge in [0.2, 0.25) is 11.8 Å². The Balaban J connectivity index is 2.10. The summed E-state index contributed by atoms with van der Waals surface area (Å²) in [7, 11) is 0. The van der Waals surface area contributed by atoms with Crippen molar-refractivity contribution < 1.29 is 9.59 Å². The molecule has 2 atom stereocenters. The van der Waals surface area contributed by atoms with Gasteiger partial charge >= 0.3 is 0 Å². The SMILES string of the molecule is CCCC1NC(=O)C(CC)N(CCn2ccnc2C)C1=O. The largest absolute Gasteiger partial charge is 0.343 e. The molecule has 1 N–H and O–H groups in total. The fourth-order valence-electron chi connectivity index (χ4n) is 2.84. The van der Waals surface area contributed by atoms with Crippen LogP contribution < -0.4 is 5.32 Å². The summed E-state index contributed by atoms with van der Waals surface area (Å²) in [5.74, 6) is 0.932. The van der Waals surface area contributed by atoms with Crippen molar-refractivity contribution >= 4 is 11.8 Å². The van der Waals surface area contributed by atoms with Gasteiger partial charge in [-0.3, -0.25) is 9.59 Å². The summed E-state index contributed by atoms with van der Waals surface area (Å²) < 4.78 is 2.00. The van der Waals surface area contributed by atoms with Gasteiger partial charge in [0.25, 0.3) is 0 Å². The number of imidazole rings is 1. The molecule has 1 aromatic rings. The van der Waals surface area contributed by atoms with E-state index in [2.05, 4.69) is 10.3 Å². The zero-order chi connectivity index (χ0) is 15.4. The average Bonchev–Trinajstić information content (AvgIpc) is 2.86. The van der Waals surface area contributed by atoms with Crippen LogP contribution in [0, 0.1) is 6.92 Å². The molecule has 0 radical (unpaired) electrons. The van der Waals surface area contributed by atoms with E-state index in [1.54, 1.807) is 11.1 Å². The quantitative estimate of drug-likeness (QED) is 0.853. The molecule has 2 unspecified atom stereocenters. The summed E-state index contributed by atoms with van der Waals surface area (Å²) in [6, 6.07) is -0.719. The van der Waals surface area contributed by atoms with E-state index in [1.807, 2.05) is 31.5 Å². The van der Waals surface area contributed by atoms with Crippen molar-refractivity contribution in [2.45, 2.75) is 58.7 Å². The Hall–Kier alpha value is -1.85. The van der Waals surface area contributed by atoms with Crippen LogP contribution >= 0.6 is 0 Å². The Labute approximate surface area is 125 Å². The van der Waals surface area contributed by atoms with E-state index in [4.69, 9.17) is 0 Å². The predicted molar refractivity (Wildman–Crippen MR) is 79.6 cm³/mol. The third kappa shape index (κ3) is 3.25. The number of carbonyl (C=O) groups excluding carboxylic acids is 2. The lowest BCUT2D eigenvalue weighted by Crippen LogP contribution is -2.63. The number of piperazine rings is 1. The smallest absolute Gasteiger partial charge is 0.245 e. The molecular weight excluding hydrogens is 268 g/mol. The maximum atomic E-state index is 12.6. The molecule has 1 aliphatic rings. The zero-order valence-electron chi connectivity index (χ0n) is 13.0. The first kappa shape index (κ1) is 15.5. The van der Waals surface area contributed by atoms with Crippen LogP contribution in [0.3, 0.4) is 0 Å². The normalized spacial score (nSPS) is 22.5. The van der Waals surface area contributed by atoms with E-state index in [-0.39, 0.29) is 23.9 Å². The number of nitrogens with one attached hydrogen (secondary N) is 1. The van der Waals surface area contributed by atoms with E-state index < -0.39 is 0 Å². The minimum absolute atomic E-state index is 0.0297. The monoisotopic (exact) mass is 292 g/mol. The first-order chi connectivity index (χ1) is 10.1. The summed E-state index contributed by atoms with van der Waals surface area (Å²) in [5.41, 5.74) is 0. The van der Waals surface area contributed by atoms with Gasteiger partial charge in [-0.15, -0.1) is 0 Å². The molecule has 1 fully saturated rings. The van der Waals surface area contributed by atoms with Gasteiger partial charge in [-0.05, 0) is 19.8 Å². The summed E-state index contributed by atoms with van der Waals surface area (Å²) in [5, 5.41) is 2.85. The number of aromatic nitrogens is 2. The van der Waals surface area contributed by atoms with Crippen LogP contribution in [0.1, 0.15) is 38.9 Å². The predicted octanol–water partition coefficient (Wildman–Crippen LogP) is 1.10. The van der Waals surface area contributed by atoms with Gasteiger partial charge in [0, 0.05) is 25.5 Å². The maximum Gasteiger partial charge on any atom is 0.245 e. The average molecular weight is 292 g/mol. The van der Waals surface area contributed by atoms with E-state index >= 15 is 0 Å². The molecule has 0 aromatic carbocycles. The molecule has 1 aliphatic heterocycles. The molecule has 0 saturated carbocycles. The molecule has 116 valence electrons. The fraction of sp³-hybridized carbons (Fsp3) is 0.667. The van der Waals surface area contributed by atoms with Crippen LogP contribution in [0.5, 0.6) is 0 Å². The number of rotatable bonds is 6. The third-order valence-corrected chi connectivity index (χ3v) is 4.05. The second-order valence-electron chi connectivity index (χ2n) is 5.47. The summed E-state index contributed by atoms with van der Waals surface area (Å²) in [6.45, 7) is 7.10. The molecular formula is C15H24N4O2. The second kappa shape index (κ2) is 6.74. The number of hydrogen-bond acceptors (Lipinski definition) is 3. The van der Waals surface area contributed by atoms with Crippen molar-refractivity contribution in [3.05, 3.63) is 18.2 Å². The lowest BCUT2D eigenvalue weighted by Gasteiger charge is -2.38. The van der Waals surface area contributed by atoms with Gasteiger partial charge < -0.3 is 14.8 Å². The molecule has 1 saturated heterocycles. The molecule has 0 spiro atoms. The van der Waals surface area contributed by atoms with Gasteiger partial charge in [0.15, 0.2) is 0 Å². The van der Waals surface area contributed by atoms with Crippen LogP contribution in [-0.4, -0.2) is 44.9 Å². The highest BCUT2D eigenvalue weighted by molar-refractivity contribution is 5.96. The van der Waals surface area contributed by atoms with E-state index in [9.17, 15) is 9.59 Å². The molecule has 2 rings (SSSR count). The Morgan fingerprint density at radius 1 is 1.29 bits per heavy atom. The second-order valence-corrected chi connectivity index (χ2v) is 5.47. The Morgan fingerprint density at radius 2 is 2.05 bits per heavy atom. The van der Waals surface area contributed by atoms with Crippen molar-refractivity contribution in [2.75, 3.05) is 6.54 Å². The van der Waals surface area contributed by atoms with Gasteiger partial charge in [-0.1, -0.05) is 20.3 Å². The Bertz CT molecular complexity index is 512. The van der Waals surface area contributed by atoms with Crippen molar-refractivity contribution in [1.29, 1.82) is 0 Å². The van der Waals surface area contributed by atoms with Crippen LogP contribution in [-0.2, 0) is 16.1 Å². The lowest BCUT2D eigenvalue weighted by molar-refractivity contribution is -0.149. The number of nitrogens with zero attached hydrogens (tertiary/aromatic N) is 3. The minimum atomic E-state index is -0.366. The van der Waals surface area contributed by atoms with Gasteiger partial charge in [0.05, 0.1) is 0 Å². The maximum absolute atomic E-state index is 12.6. The minimum Gasteiger partial charge on any atom is -0.343 e. The van der Waals surface area contributed by atoms with E-state index in [0.29, 0.717) is 25.9 Å². The molecule has 2 amide bonds. The molecule has 6 nitrogen and oxygen atoms in total. The van der Waals surface area contributed by atoms with Gasteiger partial charge in [0.1, 0.15) is 17.9 Å². The summed E-state index contributed by atoms with van der Waals surface area (Å²) in [6.07, 6.45) is 5.86. The first-order valence-electron chi connectivity index (χ1n) is 7.67. The third-order valence-electron chi connectivity index (χ3n) is 4.05. The van der Waals surface area contributed by atoms with Crippen LogP contribution in [0.4, 0.5) is 0 Å². The molecule has 21 heavy (non-hydrogen) atoms. The molecule has 1 aromatic heterocycles. The van der Waals surface area contributed by atoms with Gasteiger partial charge in [-0.2, -0.15) is 0 Å². The zero-order valence-corrected chi connectivity index (χ0v) is 13.0. The number of amides is 2. The molecule has 2 heterocycles.